The summed E-state index contributed by atoms with van der Waals surface area (Å²) in [6.07, 6.45) is 2.15. The molecule has 0 spiro atoms. The highest BCUT2D eigenvalue weighted by molar-refractivity contribution is 5.94. The fourth-order valence-electron chi connectivity index (χ4n) is 3.51. The number of halogens is 1. The molecule has 9 nitrogen and oxygen atoms in total. The number of aryl methyl sites for hydroxylation is 1. The lowest BCUT2D eigenvalue weighted by Gasteiger charge is -2.23. The number of rotatable bonds is 3. The molecule has 1 aliphatic heterocycles. The van der Waals surface area contributed by atoms with Crippen LogP contribution in [0.1, 0.15) is 22.3 Å². The average molecular weight is 423 g/mol. The highest BCUT2D eigenvalue weighted by Gasteiger charge is 2.23. The van der Waals surface area contributed by atoms with E-state index in [0.717, 1.165) is 11.3 Å². The van der Waals surface area contributed by atoms with Crippen molar-refractivity contribution in [3.63, 3.8) is 0 Å². The zero-order valence-electron chi connectivity index (χ0n) is 17.0. The first-order chi connectivity index (χ1) is 15.0. The second-order valence-corrected chi connectivity index (χ2v) is 7.33. The van der Waals surface area contributed by atoms with E-state index in [0.29, 0.717) is 43.9 Å². The average Bonchev–Trinajstić information content (AvgIpc) is 3.19. The van der Waals surface area contributed by atoms with Gasteiger partial charge < -0.3 is 15.1 Å². The lowest BCUT2D eigenvalue weighted by molar-refractivity contribution is 0.0762. The molecule has 1 fully saturated rings. The van der Waals surface area contributed by atoms with Gasteiger partial charge in [-0.1, -0.05) is 6.07 Å². The number of hydrogen-bond acceptors (Lipinski definition) is 5. The normalized spacial score (nSPS) is 14.3. The van der Waals surface area contributed by atoms with Gasteiger partial charge >= 0.3 is 6.03 Å². The third kappa shape index (κ3) is 4.68. The Morgan fingerprint density at radius 2 is 1.74 bits per heavy atom. The summed E-state index contributed by atoms with van der Waals surface area (Å²) in [4.78, 5) is 28.9. The predicted molar refractivity (Wildman–Crippen MR) is 111 cm³/mol. The lowest BCUT2D eigenvalue weighted by Crippen LogP contribution is -2.39. The maximum absolute atomic E-state index is 13.1. The quantitative estimate of drug-likeness (QED) is 0.698. The van der Waals surface area contributed by atoms with Crippen LogP contribution in [0.15, 0.2) is 48.8 Å². The number of tetrazole rings is 1. The summed E-state index contributed by atoms with van der Waals surface area (Å²) in [5.41, 5.74) is 2.81. The molecule has 3 amide bonds. The first-order valence-electron chi connectivity index (χ1n) is 9.96. The highest BCUT2D eigenvalue weighted by atomic mass is 19.1. The molecule has 0 saturated carbocycles. The molecule has 3 aromatic rings. The Labute approximate surface area is 178 Å². The Morgan fingerprint density at radius 3 is 2.48 bits per heavy atom. The van der Waals surface area contributed by atoms with Crippen molar-refractivity contribution >= 4 is 17.6 Å². The van der Waals surface area contributed by atoms with Crippen LogP contribution < -0.4 is 5.32 Å². The van der Waals surface area contributed by atoms with Crippen LogP contribution in [0.4, 0.5) is 14.9 Å². The maximum Gasteiger partial charge on any atom is 0.321 e. The van der Waals surface area contributed by atoms with Gasteiger partial charge in [-0.2, -0.15) is 0 Å². The second kappa shape index (κ2) is 8.90. The maximum atomic E-state index is 13.1. The van der Waals surface area contributed by atoms with Gasteiger partial charge in [0, 0.05) is 37.4 Å². The first kappa shape index (κ1) is 20.5. The number of nitrogens with zero attached hydrogens (tertiary/aromatic N) is 6. The van der Waals surface area contributed by atoms with Crippen molar-refractivity contribution in [2.75, 3.05) is 31.5 Å². The number of benzene rings is 2. The second-order valence-electron chi connectivity index (χ2n) is 7.33. The Morgan fingerprint density at radius 1 is 1.00 bits per heavy atom. The molecule has 0 aliphatic carbocycles. The molecular formula is C21H22FN7O2. The topological polar surface area (TPSA) is 96.2 Å². The van der Waals surface area contributed by atoms with Crippen LogP contribution in [-0.4, -0.2) is 68.1 Å². The van der Waals surface area contributed by atoms with E-state index in [1.807, 2.05) is 25.1 Å². The van der Waals surface area contributed by atoms with Crippen molar-refractivity contribution in [3.8, 4) is 5.69 Å². The number of anilines is 1. The first-order valence-corrected chi connectivity index (χ1v) is 9.96. The minimum atomic E-state index is -0.380. The van der Waals surface area contributed by atoms with Crippen LogP contribution in [0, 0.1) is 12.7 Å². The lowest BCUT2D eigenvalue weighted by atomic mass is 10.2. The standard InChI is InChI=1S/C21H22FN7O2/c1-15-3-8-18(13-19(15)29-14-23-25-26-29)24-21(31)28-10-2-9-27(11-12-28)20(30)16-4-6-17(22)7-5-16/h3-8,13-14H,2,9-12H2,1H3,(H,24,31). The van der Waals surface area contributed by atoms with E-state index >= 15 is 0 Å². The molecule has 2 aromatic carbocycles. The summed E-state index contributed by atoms with van der Waals surface area (Å²) in [6.45, 7) is 3.82. The van der Waals surface area contributed by atoms with Crippen LogP contribution in [0.5, 0.6) is 0 Å². The number of aromatic nitrogens is 4. The minimum Gasteiger partial charge on any atom is -0.337 e. The van der Waals surface area contributed by atoms with E-state index in [4.69, 9.17) is 0 Å². The zero-order valence-corrected chi connectivity index (χ0v) is 17.0. The van der Waals surface area contributed by atoms with E-state index in [1.165, 1.54) is 35.3 Å². The summed E-state index contributed by atoms with van der Waals surface area (Å²) in [6, 6.07) is 10.8. The van der Waals surface area contributed by atoms with Gasteiger partial charge in [0.25, 0.3) is 5.91 Å². The molecule has 0 atom stereocenters. The van der Waals surface area contributed by atoms with Gasteiger partial charge in [0.05, 0.1) is 5.69 Å². The van der Waals surface area contributed by atoms with E-state index < -0.39 is 0 Å². The Balaban J connectivity index is 1.39. The number of nitrogens with one attached hydrogen (secondary N) is 1. The fraction of sp³-hybridized carbons (Fsp3) is 0.286. The number of carbonyl (C=O) groups is 2. The smallest absolute Gasteiger partial charge is 0.321 e. The minimum absolute atomic E-state index is 0.160. The summed E-state index contributed by atoms with van der Waals surface area (Å²) in [5.74, 6) is -0.540. The molecule has 1 N–H and O–H groups in total. The molecule has 2 heterocycles. The molecule has 1 aliphatic rings. The van der Waals surface area contributed by atoms with E-state index in [2.05, 4.69) is 20.8 Å². The summed E-state index contributed by atoms with van der Waals surface area (Å²) < 4.78 is 14.7. The predicted octanol–water partition coefficient (Wildman–Crippen LogP) is 2.49. The zero-order chi connectivity index (χ0) is 21.8. The fourth-order valence-corrected chi connectivity index (χ4v) is 3.51. The molecule has 1 aromatic heterocycles. The third-order valence-electron chi connectivity index (χ3n) is 5.22. The van der Waals surface area contributed by atoms with Gasteiger partial charge in [-0.3, -0.25) is 4.79 Å². The van der Waals surface area contributed by atoms with Gasteiger partial charge in [0.2, 0.25) is 0 Å². The molecule has 0 bridgehead atoms. The number of urea groups is 1. The summed E-state index contributed by atoms with van der Waals surface area (Å²) >= 11 is 0. The van der Waals surface area contributed by atoms with E-state index in [-0.39, 0.29) is 17.8 Å². The highest BCUT2D eigenvalue weighted by Crippen LogP contribution is 2.19. The molecule has 4 rings (SSSR count). The van der Waals surface area contributed by atoms with Gasteiger partial charge in [-0.05, 0) is 65.7 Å². The molecular weight excluding hydrogens is 401 g/mol. The van der Waals surface area contributed by atoms with Crippen LogP contribution >= 0.6 is 0 Å². The van der Waals surface area contributed by atoms with Gasteiger partial charge in [0.1, 0.15) is 12.1 Å². The van der Waals surface area contributed by atoms with Crippen molar-refractivity contribution in [2.45, 2.75) is 13.3 Å². The Kier molecular flexibility index (Phi) is 5.87. The molecule has 0 unspecified atom stereocenters. The largest absolute Gasteiger partial charge is 0.337 e. The number of hydrogen-bond donors (Lipinski definition) is 1. The summed E-state index contributed by atoms with van der Waals surface area (Å²) in [5, 5.41) is 14.1. The monoisotopic (exact) mass is 423 g/mol. The third-order valence-corrected chi connectivity index (χ3v) is 5.22. The number of amides is 3. The molecule has 0 radical (unpaired) electrons. The van der Waals surface area contributed by atoms with Gasteiger partial charge in [-0.15, -0.1) is 5.10 Å². The van der Waals surface area contributed by atoms with Crippen molar-refractivity contribution in [1.82, 2.24) is 30.0 Å². The van der Waals surface area contributed by atoms with E-state index in [9.17, 15) is 14.0 Å². The molecule has 160 valence electrons. The van der Waals surface area contributed by atoms with E-state index in [1.54, 1.807) is 9.80 Å². The van der Waals surface area contributed by atoms with Crippen molar-refractivity contribution in [2.24, 2.45) is 0 Å². The molecule has 1 saturated heterocycles. The van der Waals surface area contributed by atoms with Crippen molar-refractivity contribution < 1.29 is 14.0 Å². The van der Waals surface area contributed by atoms with Crippen LogP contribution in [0.2, 0.25) is 0 Å². The van der Waals surface area contributed by atoms with Gasteiger partial charge in [-0.25, -0.2) is 13.9 Å². The number of carbonyl (C=O) groups excluding carboxylic acids is 2. The summed E-state index contributed by atoms with van der Waals surface area (Å²) in [7, 11) is 0. The SMILES string of the molecule is Cc1ccc(NC(=O)N2CCCN(C(=O)c3ccc(F)cc3)CC2)cc1-n1cnnn1. The van der Waals surface area contributed by atoms with Crippen LogP contribution in [0.3, 0.4) is 0 Å². The molecule has 31 heavy (non-hydrogen) atoms. The Bertz CT molecular complexity index is 1070. The van der Waals surface area contributed by atoms with Crippen LogP contribution in [0.25, 0.3) is 5.69 Å². The van der Waals surface area contributed by atoms with Crippen molar-refractivity contribution in [1.29, 1.82) is 0 Å². The van der Waals surface area contributed by atoms with Crippen molar-refractivity contribution in [3.05, 3.63) is 65.7 Å². The Hall–Kier alpha value is -3.82. The van der Waals surface area contributed by atoms with Crippen LogP contribution in [-0.2, 0) is 0 Å². The van der Waals surface area contributed by atoms with Gasteiger partial charge in [0.15, 0.2) is 0 Å². The molecule has 10 heteroatoms.